The fraction of sp³-hybridized carbons (Fsp3) is 0. The molecule has 0 saturated heterocycles. The Bertz CT molecular complexity index is 2780. The van der Waals surface area contributed by atoms with Crippen LogP contribution in [0.3, 0.4) is 0 Å². The van der Waals surface area contributed by atoms with Gasteiger partial charge in [-0.25, -0.2) is 0 Å². The molecule has 0 N–H and O–H groups in total. The smallest absolute Gasteiger partial charge is 0.0616 e. The summed E-state index contributed by atoms with van der Waals surface area (Å²) in [5.41, 5.74) is 19.3. The largest absolute Gasteiger partial charge is 0.0842 e. The summed E-state index contributed by atoms with van der Waals surface area (Å²) >= 11 is 0. The van der Waals surface area contributed by atoms with Gasteiger partial charge in [-0.1, -0.05) is 181 Å². The van der Waals surface area contributed by atoms with Crippen molar-refractivity contribution in [2.24, 2.45) is 0 Å². The van der Waals surface area contributed by atoms with E-state index < -0.39 is 0 Å². The van der Waals surface area contributed by atoms with Crippen molar-refractivity contribution < 1.29 is 0 Å². The molecule has 0 radical (unpaired) electrons. The summed E-state index contributed by atoms with van der Waals surface area (Å²) in [5.74, 6) is 27.2. The van der Waals surface area contributed by atoms with E-state index in [0.717, 1.165) is 55.7 Å². The Balaban J connectivity index is 1.14. The fourth-order valence-corrected chi connectivity index (χ4v) is 7.84. The molecule has 10 rings (SSSR count). The fourth-order valence-electron chi connectivity index (χ4n) is 7.84. The molecule has 254 valence electrons. The van der Waals surface area contributed by atoms with Crippen molar-refractivity contribution in [1.82, 2.24) is 0 Å². The number of hydrogen-bond acceptors (Lipinski definition) is 0. The minimum atomic E-state index is 0.731. The van der Waals surface area contributed by atoms with E-state index in [1.165, 1.54) is 44.5 Å². The van der Waals surface area contributed by atoms with Gasteiger partial charge in [0.1, 0.15) is 0 Å². The molecule has 4 aromatic rings. The molecule has 0 saturated carbocycles. The molecule has 0 bridgehead atoms. The predicted molar refractivity (Wildman–Crippen MR) is 231 cm³/mol. The van der Waals surface area contributed by atoms with E-state index in [2.05, 4.69) is 229 Å². The zero-order chi connectivity index (χ0) is 37.3. The van der Waals surface area contributed by atoms with Gasteiger partial charge in [-0.05, 0) is 115 Å². The summed E-state index contributed by atoms with van der Waals surface area (Å²) in [6.45, 7) is 0. The third-order valence-electron chi connectivity index (χ3n) is 10.5. The predicted octanol–water partition coefficient (Wildman–Crippen LogP) is 12.3. The maximum absolute atomic E-state index is 3.50. The number of fused-ring (bicyclic) bond motifs is 8. The molecular weight excluding hydrogens is 673 g/mol. The van der Waals surface area contributed by atoms with Crippen LogP contribution in [0.1, 0.15) is 33.4 Å². The monoisotopic (exact) mass is 702 g/mol. The lowest BCUT2D eigenvalue weighted by molar-refractivity contribution is 1.64. The number of rotatable bonds is 0. The molecule has 0 unspecified atom stereocenters. The molecule has 0 heteroatoms. The maximum Gasteiger partial charge on any atom is 0.0842 e. The first-order chi connectivity index (χ1) is 27.8. The normalized spacial score (nSPS) is 11.3. The lowest BCUT2D eigenvalue weighted by Crippen LogP contribution is -1.89. The van der Waals surface area contributed by atoms with Crippen LogP contribution in [-0.2, 0) is 0 Å². The molecule has 0 nitrogen and oxygen atoms in total. The van der Waals surface area contributed by atoms with Gasteiger partial charge in [0, 0.05) is 22.3 Å². The Labute approximate surface area is 328 Å². The van der Waals surface area contributed by atoms with Crippen molar-refractivity contribution in [3.63, 3.8) is 0 Å². The van der Waals surface area contributed by atoms with Crippen LogP contribution in [0.2, 0.25) is 0 Å². The van der Waals surface area contributed by atoms with E-state index in [-0.39, 0.29) is 0 Å². The maximum atomic E-state index is 3.50. The van der Waals surface area contributed by atoms with Crippen LogP contribution >= 0.6 is 0 Å². The van der Waals surface area contributed by atoms with E-state index >= 15 is 0 Å². The quantitative estimate of drug-likeness (QED) is 0.138. The van der Waals surface area contributed by atoms with Crippen molar-refractivity contribution in [3.05, 3.63) is 227 Å². The molecule has 0 atom stereocenters. The molecule has 0 aromatic heterocycles. The van der Waals surface area contributed by atoms with Crippen molar-refractivity contribution in [3.8, 4) is 91.9 Å². The molecule has 0 spiro atoms. The SMILES string of the molecule is C(C#CC(C#Cc1ccc2cccc-2cc1)=C1c2ccccc2-c2ccccc21)#CC(C#Cc1ccc2cccc-2cc1)=C1c2ccccc2-c2ccccc21. The van der Waals surface area contributed by atoms with Crippen molar-refractivity contribution in [1.29, 1.82) is 0 Å². The summed E-state index contributed by atoms with van der Waals surface area (Å²) in [7, 11) is 0. The van der Waals surface area contributed by atoms with E-state index in [1.807, 2.05) is 0 Å². The van der Waals surface area contributed by atoms with Gasteiger partial charge >= 0.3 is 0 Å². The highest BCUT2D eigenvalue weighted by atomic mass is 14.3. The first kappa shape index (κ1) is 32.6. The third kappa shape index (κ3) is 5.96. The summed E-state index contributed by atoms with van der Waals surface area (Å²) < 4.78 is 0. The van der Waals surface area contributed by atoms with Crippen LogP contribution in [0.4, 0.5) is 0 Å². The Morgan fingerprint density at radius 2 is 0.536 bits per heavy atom. The van der Waals surface area contributed by atoms with E-state index in [4.69, 9.17) is 0 Å². The highest BCUT2D eigenvalue weighted by Gasteiger charge is 2.26. The Morgan fingerprint density at radius 3 is 0.839 bits per heavy atom. The second kappa shape index (κ2) is 14.1. The second-order valence-corrected chi connectivity index (χ2v) is 13.8. The van der Waals surface area contributed by atoms with Crippen molar-refractivity contribution in [2.45, 2.75) is 0 Å². The number of hydrogen-bond donors (Lipinski definition) is 0. The topological polar surface area (TPSA) is 0 Å². The average molecular weight is 703 g/mol. The van der Waals surface area contributed by atoms with Crippen LogP contribution < -0.4 is 0 Å². The molecule has 0 aliphatic heterocycles. The zero-order valence-corrected chi connectivity index (χ0v) is 30.3. The first-order valence-corrected chi connectivity index (χ1v) is 18.7. The number of benzene rings is 4. The van der Waals surface area contributed by atoms with Crippen LogP contribution in [0.5, 0.6) is 0 Å². The van der Waals surface area contributed by atoms with Crippen LogP contribution in [-0.4, -0.2) is 0 Å². The molecule has 56 heavy (non-hydrogen) atoms. The van der Waals surface area contributed by atoms with E-state index in [9.17, 15) is 0 Å². The van der Waals surface area contributed by atoms with Gasteiger partial charge in [0.25, 0.3) is 0 Å². The van der Waals surface area contributed by atoms with Gasteiger partial charge in [0.05, 0.1) is 11.1 Å². The molecular formula is C56H30. The van der Waals surface area contributed by atoms with Crippen LogP contribution in [0, 0.1) is 47.4 Å². The summed E-state index contributed by atoms with van der Waals surface area (Å²) in [5, 5.41) is 0. The average Bonchev–Trinajstić information content (AvgIpc) is 3.99. The van der Waals surface area contributed by atoms with E-state index in [0.29, 0.717) is 0 Å². The van der Waals surface area contributed by atoms with Gasteiger partial charge < -0.3 is 0 Å². The van der Waals surface area contributed by atoms with Crippen LogP contribution in [0.25, 0.3) is 55.7 Å². The van der Waals surface area contributed by atoms with Gasteiger partial charge in [0.2, 0.25) is 0 Å². The van der Waals surface area contributed by atoms with Gasteiger partial charge in [-0.15, -0.1) is 0 Å². The highest BCUT2D eigenvalue weighted by Crippen LogP contribution is 2.46. The minimum Gasteiger partial charge on any atom is -0.0616 e. The molecule has 4 aromatic carbocycles. The summed E-state index contributed by atoms with van der Waals surface area (Å²) in [6.07, 6.45) is 0. The lowest BCUT2D eigenvalue weighted by Gasteiger charge is -2.04. The van der Waals surface area contributed by atoms with E-state index in [1.54, 1.807) is 0 Å². The molecule has 0 heterocycles. The molecule has 6 aliphatic rings. The zero-order valence-electron chi connectivity index (χ0n) is 30.3. The molecule has 0 fully saturated rings. The third-order valence-corrected chi connectivity index (χ3v) is 10.5. The highest BCUT2D eigenvalue weighted by molar-refractivity contribution is 6.05. The van der Waals surface area contributed by atoms with Gasteiger partial charge in [0.15, 0.2) is 0 Å². The lowest BCUT2D eigenvalue weighted by atomic mass is 9.97. The van der Waals surface area contributed by atoms with Crippen molar-refractivity contribution in [2.75, 3.05) is 0 Å². The Kier molecular flexibility index (Phi) is 8.21. The Hall–Kier alpha value is -8.00. The van der Waals surface area contributed by atoms with Gasteiger partial charge in [-0.3, -0.25) is 0 Å². The van der Waals surface area contributed by atoms with Crippen molar-refractivity contribution >= 4 is 11.1 Å². The summed E-state index contributed by atoms with van der Waals surface area (Å²) in [6, 6.07) is 63.4. The molecule has 0 amide bonds. The minimum absolute atomic E-state index is 0.731. The first-order valence-electron chi connectivity index (χ1n) is 18.7. The second-order valence-electron chi connectivity index (χ2n) is 13.8. The number of allylic oxidation sites excluding steroid dienone is 2. The van der Waals surface area contributed by atoms with Crippen LogP contribution in [0.15, 0.2) is 193 Å². The van der Waals surface area contributed by atoms with Gasteiger partial charge in [-0.2, -0.15) is 0 Å². The molecule has 6 aliphatic carbocycles. The summed E-state index contributed by atoms with van der Waals surface area (Å²) in [4.78, 5) is 0. The standard InChI is InChI=1S/C56H30/c1(13-45(37-31-39-27-33-41-15-11-16-42(41)34-28-39)55-51-23-7-3-19-47(51)48-20-4-8-24-52(48)55)2-14-46(38-32-40-29-35-43-17-12-18-44(43)36-30-40)56-53-25-9-5-21-49(53)50-22-6-10-26-54(50)56/h3-12,15-30,33-36H. The Morgan fingerprint density at radius 1 is 0.250 bits per heavy atom.